The molecule has 2 rings (SSSR count). The molecule has 0 unspecified atom stereocenters. The Balaban J connectivity index is 2.92. The Kier molecular flexibility index (Phi) is 8.48. The molecule has 182 valence electrons. The minimum atomic E-state index is -1.18. The van der Waals surface area contributed by atoms with Gasteiger partial charge in [0.2, 0.25) is 0 Å². The monoisotopic (exact) mass is 476 g/mol. The molecule has 12 heteroatoms. The molecular formula is C22H24N2O10. The van der Waals surface area contributed by atoms with Gasteiger partial charge in [-0.25, -0.2) is 9.59 Å². The van der Waals surface area contributed by atoms with Crippen LogP contribution in [0.1, 0.15) is 25.3 Å². The highest BCUT2D eigenvalue weighted by Crippen LogP contribution is 2.43. The number of nitro benzene ring substituents is 1. The molecule has 1 aliphatic rings. The first-order valence-electron chi connectivity index (χ1n) is 9.89. The molecule has 0 N–H and O–H groups in total. The van der Waals surface area contributed by atoms with Crippen molar-refractivity contribution in [2.45, 2.75) is 19.8 Å². The van der Waals surface area contributed by atoms with Gasteiger partial charge in [0.25, 0.3) is 5.69 Å². The van der Waals surface area contributed by atoms with Gasteiger partial charge < -0.3 is 23.8 Å². The minimum absolute atomic E-state index is 0.0501. The summed E-state index contributed by atoms with van der Waals surface area (Å²) < 4.78 is 19.7. The molecule has 0 spiro atoms. The van der Waals surface area contributed by atoms with Gasteiger partial charge in [0, 0.05) is 24.8 Å². The number of non-ortho nitro benzene ring substituents is 1. The molecule has 1 aromatic carbocycles. The molecule has 0 fully saturated rings. The lowest BCUT2D eigenvalue weighted by molar-refractivity contribution is -0.384. The third-order valence-electron chi connectivity index (χ3n) is 5.16. The van der Waals surface area contributed by atoms with E-state index in [1.54, 1.807) is 0 Å². The molecule has 12 nitrogen and oxygen atoms in total. The van der Waals surface area contributed by atoms with Crippen molar-refractivity contribution in [1.29, 1.82) is 0 Å². The summed E-state index contributed by atoms with van der Waals surface area (Å²) in [5.41, 5.74) is -0.0230. The second-order valence-corrected chi connectivity index (χ2v) is 7.07. The van der Waals surface area contributed by atoms with Gasteiger partial charge in [-0.3, -0.25) is 19.7 Å². The lowest BCUT2D eigenvalue weighted by atomic mass is 9.79. The standard InChI is InChI=1S/C22H24N2O10/c1-12-18(21(27)32-4)19(14-7-6-8-15(9-14)24(29)30)20(22(28)33-5)16(11-34-13(2)25)23(12)10-17(26)31-3/h6-9,19H,10-11H2,1-5H3/t19-/m1/s1. The average molecular weight is 476 g/mol. The number of rotatable bonds is 8. The fraction of sp³-hybridized carbons (Fsp3) is 0.364. The van der Waals surface area contributed by atoms with Gasteiger partial charge in [0.1, 0.15) is 13.2 Å². The summed E-state index contributed by atoms with van der Waals surface area (Å²) in [4.78, 5) is 61.7. The number of esters is 4. The summed E-state index contributed by atoms with van der Waals surface area (Å²) in [6, 6.07) is 5.37. The molecule has 0 radical (unpaired) electrons. The van der Waals surface area contributed by atoms with Gasteiger partial charge in [0.05, 0.1) is 49.0 Å². The second-order valence-electron chi connectivity index (χ2n) is 7.07. The Hall–Kier alpha value is -4.22. The van der Waals surface area contributed by atoms with Crippen LogP contribution in [0.3, 0.4) is 0 Å². The van der Waals surface area contributed by atoms with E-state index >= 15 is 0 Å². The Morgan fingerprint density at radius 1 is 1.03 bits per heavy atom. The van der Waals surface area contributed by atoms with Crippen LogP contribution in [0.2, 0.25) is 0 Å². The normalized spacial score (nSPS) is 15.6. The van der Waals surface area contributed by atoms with Crippen LogP contribution in [0.5, 0.6) is 0 Å². The maximum absolute atomic E-state index is 13.0. The molecule has 0 saturated heterocycles. The van der Waals surface area contributed by atoms with Crippen molar-refractivity contribution >= 4 is 29.6 Å². The lowest BCUT2D eigenvalue weighted by Gasteiger charge is -2.37. The first-order valence-corrected chi connectivity index (χ1v) is 9.89. The largest absolute Gasteiger partial charge is 0.468 e. The number of nitro groups is 1. The van der Waals surface area contributed by atoms with E-state index in [0.29, 0.717) is 0 Å². The molecule has 1 aromatic rings. The first-order chi connectivity index (χ1) is 16.1. The van der Waals surface area contributed by atoms with Gasteiger partial charge in [-0.1, -0.05) is 12.1 Å². The zero-order valence-corrected chi connectivity index (χ0v) is 19.3. The predicted octanol–water partition coefficient (Wildman–Crippen LogP) is 1.60. The number of allylic oxidation sites excluding steroid dienone is 1. The summed E-state index contributed by atoms with van der Waals surface area (Å²) in [6.45, 7) is 1.78. The van der Waals surface area contributed by atoms with E-state index in [1.165, 1.54) is 36.1 Å². The molecular weight excluding hydrogens is 452 g/mol. The van der Waals surface area contributed by atoms with Crippen molar-refractivity contribution in [2.75, 3.05) is 34.5 Å². The summed E-state index contributed by atoms with van der Waals surface area (Å²) in [5, 5.41) is 11.4. The van der Waals surface area contributed by atoms with Gasteiger partial charge in [-0.15, -0.1) is 0 Å². The van der Waals surface area contributed by atoms with Gasteiger partial charge in [-0.05, 0) is 12.5 Å². The highest BCUT2D eigenvalue weighted by Gasteiger charge is 2.42. The SMILES string of the molecule is COC(=O)CN1C(C)=C(C(=O)OC)[C@@H](c2cccc([N+](=O)[O-])c2)C(C(=O)OC)=C1COC(C)=O. The number of ether oxygens (including phenoxy) is 4. The van der Waals surface area contributed by atoms with E-state index < -0.39 is 47.9 Å². The summed E-state index contributed by atoms with van der Waals surface area (Å²) in [7, 11) is 3.40. The van der Waals surface area contributed by atoms with Crippen molar-refractivity contribution < 1.29 is 43.0 Å². The molecule has 0 saturated carbocycles. The van der Waals surface area contributed by atoms with Crippen LogP contribution in [-0.4, -0.2) is 68.2 Å². The van der Waals surface area contributed by atoms with E-state index in [1.807, 2.05) is 0 Å². The van der Waals surface area contributed by atoms with Crippen LogP contribution >= 0.6 is 0 Å². The third kappa shape index (κ3) is 5.39. The van der Waals surface area contributed by atoms with E-state index in [4.69, 9.17) is 18.9 Å². The van der Waals surface area contributed by atoms with E-state index in [2.05, 4.69) is 0 Å². The number of carbonyl (C=O) groups is 4. The molecule has 0 amide bonds. The van der Waals surface area contributed by atoms with E-state index in [9.17, 15) is 29.3 Å². The molecule has 0 aliphatic carbocycles. The number of hydrogen-bond donors (Lipinski definition) is 0. The molecule has 0 bridgehead atoms. The lowest BCUT2D eigenvalue weighted by Crippen LogP contribution is -2.40. The van der Waals surface area contributed by atoms with Gasteiger partial charge >= 0.3 is 23.9 Å². The summed E-state index contributed by atoms with van der Waals surface area (Å²) in [5.74, 6) is -4.29. The smallest absolute Gasteiger partial charge is 0.336 e. The Bertz CT molecular complexity index is 1090. The summed E-state index contributed by atoms with van der Waals surface area (Å²) in [6.07, 6.45) is 0. The zero-order valence-electron chi connectivity index (χ0n) is 19.3. The maximum atomic E-state index is 13.0. The van der Waals surface area contributed by atoms with Crippen molar-refractivity contribution in [2.24, 2.45) is 0 Å². The number of carbonyl (C=O) groups excluding carboxylic acids is 4. The highest BCUT2D eigenvalue weighted by molar-refractivity contribution is 6.00. The van der Waals surface area contributed by atoms with Gasteiger partial charge in [-0.2, -0.15) is 0 Å². The number of nitrogens with zero attached hydrogens (tertiary/aromatic N) is 2. The summed E-state index contributed by atoms with van der Waals surface area (Å²) >= 11 is 0. The molecule has 1 atom stereocenters. The first kappa shape index (κ1) is 26.0. The van der Waals surface area contributed by atoms with Crippen LogP contribution in [0, 0.1) is 10.1 Å². The van der Waals surface area contributed by atoms with Crippen molar-refractivity contribution in [3.05, 3.63) is 62.5 Å². The van der Waals surface area contributed by atoms with Crippen LogP contribution < -0.4 is 0 Å². The molecule has 0 aromatic heterocycles. The van der Waals surface area contributed by atoms with Crippen LogP contribution in [-0.2, 0) is 38.1 Å². The number of benzene rings is 1. The third-order valence-corrected chi connectivity index (χ3v) is 5.16. The van der Waals surface area contributed by atoms with Crippen molar-refractivity contribution in [1.82, 2.24) is 4.90 Å². The van der Waals surface area contributed by atoms with Crippen LogP contribution in [0.25, 0.3) is 0 Å². The quantitative estimate of drug-likeness (QED) is 0.233. The molecule has 1 heterocycles. The average Bonchev–Trinajstić information content (AvgIpc) is 2.82. The fourth-order valence-electron chi connectivity index (χ4n) is 3.62. The van der Waals surface area contributed by atoms with Crippen molar-refractivity contribution in [3.63, 3.8) is 0 Å². The Morgan fingerprint density at radius 3 is 2.18 bits per heavy atom. The van der Waals surface area contributed by atoms with Crippen molar-refractivity contribution in [3.8, 4) is 0 Å². The van der Waals surface area contributed by atoms with E-state index in [0.717, 1.165) is 28.3 Å². The Morgan fingerprint density at radius 2 is 1.65 bits per heavy atom. The van der Waals surface area contributed by atoms with Crippen LogP contribution in [0.4, 0.5) is 5.69 Å². The zero-order chi connectivity index (χ0) is 25.6. The minimum Gasteiger partial charge on any atom is -0.468 e. The Labute approximate surface area is 194 Å². The topological polar surface area (TPSA) is 152 Å². The van der Waals surface area contributed by atoms with Crippen LogP contribution in [0.15, 0.2) is 46.8 Å². The number of methoxy groups -OCH3 is 3. The highest BCUT2D eigenvalue weighted by atomic mass is 16.6. The molecule has 1 aliphatic heterocycles. The predicted molar refractivity (Wildman–Crippen MR) is 115 cm³/mol. The second kappa shape index (κ2) is 11.1. The molecule has 34 heavy (non-hydrogen) atoms. The fourth-order valence-corrected chi connectivity index (χ4v) is 3.62. The maximum Gasteiger partial charge on any atom is 0.336 e. The van der Waals surface area contributed by atoms with Gasteiger partial charge in [0.15, 0.2) is 0 Å². The van der Waals surface area contributed by atoms with E-state index in [-0.39, 0.29) is 33.8 Å². The number of hydrogen-bond acceptors (Lipinski definition) is 11.